The van der Waals surface area contributed by atoms with Crippen LogP contribution in [-0.2, 0) is 0 Å². The van der Waals surface area contributed by atoms with E-state index in [1.165, 1.54) is 44.6 Å². The van der Waals surface area contributed by atoms with E-state index in [-0.39, 0.29) is 17.1 Å². The van der Waals surface area contributed by atoms with Crippen molar-refractivity contribution in [1.29, 1.82) is 0 Å². The Kier molecular flexibility index (Phi) is 4.92. The minimum Gasteiger partial charge on any atom is -0.494 e. The maximum absolute atomic E-state index is 10.7. The second-order valence-electron chi connectivity index (χ2n) is 4.26. The molecule has 0 fully saturated rings. The number of benzene rings is 2. The molecule has 0 aliphatic rings. The smallest absolute Gasteiger partial charge is 0.273 e. The maximum atomic E-state index is 10.7. The van der Waals surface area contributed by atoms with Gasteiger partial charge in [0.1, 0.15) is 11.4 Å². The molecule has 9 nitrogen and oxygen atoms in total. The predicted molar refractivity (Wildman–Crippen MR) is 82.3 cm³/mol. The summed E-state index contributed by atoms with van der Waals surface area (Å²) >= 11 is 0. The largest absolute Gasteiger partial charge is 0.494 e. The lowest BCUT2D eigenvalue weighted by Crippen LogP contribution is -1.89. The van der Waals surface area contributed by atoms with Crippen molar-refractivity contribution in [2.75, 3.05) is 14.2 Å². The Balaban J connectivity index is 2.33. The van der Waals surface area contributed by atoms with E-state index in [9.17, 15) is 15.0 Å². The van der Waals surface area contributed by atoms with Gasteiger partial charge in [0.05, 0.1) is 30.9 Å². The number of nitrogens with zero attached hydrogens (tertiary/aromatic N) is 4. The van der Waals surface area contributed by atoms with Gasteiger partial charge in [0.25, 0.3) is 5.69 Å². The highest BCUT2D eigenvalue weighted by Gasteiger charge is 2.11. The molecule has 2 aromatic rings. The van der Waals surface area contributed by atoms with Crippen molar-refractivity contribution in [3.05, 3.63) is 51.4 Å². The second-order valence-corrected chi connectivity index (χ2v) is 4.26. The first-order chi connectivity index (χ1) is 11.1. The zero-order valence-corrected chi connectivity index (χ0v) is 12.3. The van der Waals surface area contributed by atoms with Gasteiger partial charge in [-0.2, -0.15) is 5.11 Å². The highest BCUT2D eigenvalue weighted by molar-refractivity contribution is 5.60. The molecule has 0 radical (unpaired) electrons. The highest BCUT2D eigenvalue weighted by Crippen LogP contribution is 2.35. The topological polar surface area (TPSA) is 116 Å². The van der Waals surface area contributed by atoms with Crippen molar-refractivity contribution in [3.63, 3.8) is 0 Å². The van der Waals surface area contributed by atoms with E-state index in [2.05, 4.69) is 15.4 Å². The van der Waals surface area contributed by atoms with Crippen LogP contribution in [0.15, 0.2) is 51.8 Å². The Labute approximate surface area is 130 Å². The van der Waals surface area contributed by atoms with Gasteiger partial charge in [0, 0.05) is 6.07 Å². The highest BCUT2D eigenvalue weighted by atomic mass is 16.6. The summed E-state index contributed by atoms with van der Waals surface area (Å²) in [5.41, 5.74) is 0.674. The molecular formula is C14H12N4O5. The lowest BCUT2D eigenvalue weighted by atomic mass is 10.2. The van der Waals surface area contributed by atoms with Crippen LogP contribution in [0.25, 0.3) is 0 Å². The van der Waals surface area contributed by atoms with Gasteiger partial charge < -0.3 is 9.47 Å². The number of azo groups is 1. The molecule has 0 spiro atoms. The summed E-state index contributed by atoms with van der Waals surface area (Å²) in [6.45, 7) is 0. The Morgan fingerprint density at radius 2 is 1.70 bits per heavy atom. The molecule has 0 saturated heterocycles. The van der Waals surface area contributed by atoms with E-state index in [1.807, 2.05) is 0 Å². The van der Waals surface area contributed by atoms with Crippen molar-refractivity contribution in [2.24, 2.45) is 15.4 Å². The van der Waals surface area contributed by atoms with Gasteiger partial charge in [-0.1, -0.05) is 0 Å². The fourth-order valence-corrected chi connectivity index (χ4v) is 1.79. The number of nitro groups is 1. The van der Waals surface area contributed by atoms with Gasteiger partial charge in [-0.05, 0) is 29.4 Å². The summed E-state index contributed by atoms with van der Waals surface area (Å²) in [5, 5.41) is 21.5. The number of non-ortho nitro benzene ring substituents is 1. The molecular weight excluding hydrogens is 304 g/mol. The maximum Gasteiger partial charge on any atom is 0.273 e. The van der Waals surface area contributed by atoms with Crippen molar-refractivity contribution in [2.45, 2.75) is 0 Å². The van der Waals surface area contributed by atoms with Crippen LogP contribution >= 0.6 is 0 Å². The van der Waals surface area contributed by atoms with E-state index in [0.29, 0.717) is 17.1 Å². The third-order valence-corrected chi connectivity index (χ3v) is 2.91. The van der Waals surface area contributed by atoms with Crippen LogP contribution in [0, 0.1) is 15.0 Å². The van der Waals surface area contributed by atoms with Crippen LogP contribution in [0.2, 0.25) is 0 Å². The molecule has 0 bridgehead atoms. The number of hydrogen-bond acceptors (Lipinski definition) is 8. The molecule has 23 heavy (non-hydrogen) atoms. The molecule has 0 saturated carbocycles. The fourth-order valence-electron chi connectivity index (χ4n) is 1.79. The van der Waals surface area contributed by atoms with Crippen LogP contribution in [0.4, 0.5) is 22.7 Å². The summed E-state index contributed by atoms with van der Waals surface area (Å²) in [5.74, 6) is 0.539. The number of methoxy groups -OCH3 is 2. The molecule has 0 unspecified atom stereocenters. The van der Waals surface area contributed by atoms with Crippen molar-refractivity contribution in [1.82, 2.24) is 0 Å². The minimum atomic E-state index is -0.533. The zero-order chi connectivity index (χ0) is 16.8. The third-order valence-electron chi connectivity index (χ3n) is 2.91. The quantitative estimate of drug-likeness (QED) is 0.338. The standard InChI is InChI=1S/C14H12N4O5/c1-22-13-6-3-9(7-12(13)17-19)15-16-11-5-4-10(18(20)21)8-14(11)23-2/h3-8H,1-2H3. The van der Waals surface area contributed by atoms with Crippen molar-refractivity contribution in [3.8, 4) is 11.5 Å². The summed E-state index contributed by atoms with van der Waals surface area (Å²) < 4.78 is 10.0. The van der Waals surface area contributed by atoms with Gasteiger partial charge in [-0.25, -0.2) is 0 Å². The molecule has 0 amide bonds. The normalized spacial score (nSPS) is 10.5. The van der Waals surface area contributed by atoms with Crippen LogP contribution in [0.3, 0.4) is 0 Å². The Morgan fingerprint density at radius 3 is 2.30 bits per heavy atom. The molecule has 0 aliphatic heterocycles. The molecule has 9 heteroatoms. The van der Waals surface area contributed by atoms with Crippen LogP contribution < -0.4 is 9.47 Å². The van der Waals surface area contributed by atoms with E-state index >= 15 is 0 Å². The first-order valence-corrected chi connectivity index (χ1v) is 6.34. The van der Waals surface area contributed by atoms with Gasteiger partial charge in [-0.3, -0.25) is 10.1 Å². The van der Waals surface area contributed by atoms with Gasteiger partial charge in [-0.15, -0.1) is 10.0 Å². The van der Waals surface area contributed by atoms with Crippen molar-refractivity contribution >= 4 is 22.7 Å². The lowest BCUT2D eigenvalue weighted by Gasteiger charge is -2.04. The molecule has 2 rings (SSSR count). The Bertz CT molecular complexity index is 776. The van der Waals surface area contributed by atoms with E-state index < -0.39 is 4.92 Å². The fraction of sp³-hybridized carbons (Fsp3) is 0.143. The van der Waals surface area contributed by atoms with E-state index in [1.54, 1.807) is 6.07 Å². The minimum absolute atomic E-state index is 0.0969. The molecule has 0 heterocycles. The van der Waals surface area contributed by atoms with Gasteiger partial charge in [0.15, 0.2) is 11.4 Å². The molecule has 2 aromatic carbocycles. The first kappa shape index (κ1) is 16.0. The Hall–Kier alpha value is -3.36. The first-order valence-electron chi connectivity index (χ1n) is 6.34. The summed E-state index contributed by atoms with van der Waals surface area (Å²) in [4.78, 5) is 20.9. The number of ether oxygens (including phenoxy) is 2. The number of hydrogen-bond donors (Lipinski definition) is 0. The number of nitro benzene ring substituents is 1. The summed E-state index contributed by atoms with van der Waals surface area (Å²) in [7, 11) is 2.80. The summed E-state index contributed by atoms with van der Waals surface area (Å²) in [6, 6.07) is 8.51. The Morgan fingerprint density at radius 1 is 0.957 bits per heavy atom. The molecule has 118 valence electrons. The summed E-state index contributed by atoms with van der Waals surface area (Å²) in [6.07, 6.45) is 0. The van der Waals surface area contributed by atoms with Gasteiger partial charge in [0.2, 0.25) is 0 Å². The average molecular weight is 316 g/mol. The molecule has 0 N–H and O–H groups in total. The number of rotatable bonds is 6. The van der Waals surface area contributed by atoms with E-state index in [4.69, 9.17) is 9.47 Å². The van der Waals surface area contributed by atoms with Crippen LogP contribution in [0.1, 0.15) is 0 Å². The molecule has 0 aliphatic carbocycles. The second kappa shape index (κ2) is 7.07. The van der Waals surface area contributed by atoms with E-state index in [0.717, 1.165) is 0 Å². The van der Waals surface area contributed by atoms with Crippen molar-refractivity contribution < 1.29 is 14.4 Å². The predicted octanol–water partition coefficient (Wildman–Crippen LogP) is 4.43. The molecule has 0 atom stereocenters. The molecule has 0 aromatic heterocycles. The SMILES string of the molecule is COc1ccc(N=Nc2ccc([N+](=O)[O-])cc2OC)cc1N=O. The zero-order valence-electron chi connectivity index (χ0n) is 12.3. The van der Waals surface area contributed by atoms with Crippen LogP contribution in [0.5, 0.6) is 11.5 Å². The lowest BCUT2D eigenvalue weighted by molar-refractivity contribution is -0.384. The third kappa shape index (κ3) is 3.64. The number of nitroso groups, excluding NO2 is 1. The monoisotopic (exact) mass is 316 g/mol. The average Bonchev–Trinajstić information content (AvgIpc) is 2.59. The van der Waals surface area contributed by atoms with Gasteiger partial charge >= 0.3 is 0 Å². The van der Waals surface area contributed by atoms with Crippen LogP contribution in [-0.4, -0.2) is 19.1 Å².